The lowest BCUT2D eigenvalue weighted by atomic mass is 9.70. The Morgan fingerprint density at radius 1 is 0.878 bits per heavy atom. The number of nitrogens with two attached hydrogens (primary N) is 1. The third kappa shape index (κ3) is 5.29. The van der Waals surface area contributed by atoms with Gasteiger partial charge in [-0.1, -0.05) is 123 Å². The molecule has 4 nitrogen and oxygen atoms in total. The zero-order chi connectivity index (χ0) is 33.5. The lowest BCUT2D eigenvalue weighted by Crippen LogP contribution is -2.48. The molecule has 1 saturated heterocycles. The molecule has 49 heavy (non-hydrogen) atoms. The molecular weight excluding hydrogens is 597 g/mol. The number of benzene rings is 4. The van der Waals surface area contributed by atoms with Crippen LogP contribution in [-0.4, -0.2) is 27.6 Å². The molecule has 0 amide bonds. The van der Waals surface area contributed by atoms with Gasteiger partial charge in [0.1, 0.15) is 0 Å². The Bertz CT molecular complexity index is 2240. The van der Waals surface area contributed by atoms with E-state index in [0.717, 1.165) is 40.9 Å². The van der Waals surface area contributed by atoms with E-state index in [-0.39, 0.29) is 11.6 Å². The van der Waals surface area contributed by atoms with Crippen LogP contribution < -0.4 is 11.1 Å². The fourth-order valence-corrected chi connectivity index (χ4v) is 7.84. The number of nitrogens with zero attached hydrogens (tertiary/aromatic N) is 2. The van der Waals surface area contributed by atoms with Crippen molar-refractivity contribution in [2.24, 2.45) is 11.7 Å². The monoisotopic (exact) mass is 638 g/mol. The molecule has 0 radical (unpaired) electrons. The van der Waals surface area contributed by atoms with E-state index in [2.05, 4.69) is 168 Å². The summed E-state index contributed by atoms with van der Waals surface area (Å²) in [6, 6.07) is 35.5. The van der Waals surface area contributed by atoms with Crippen molar-refractivity contribution in [1.29, 1.82) is 0 Å². The molecule has 5 atom stereocenters. The van der Waals surface area contributed by atoms with Crippen LogP contribution in [0.3, 0.4) is 0 Å². The van der Waals surface area contributed by atoms with Gasteiger partial charge in [-0.15, -0.1) is 0 Å². The van der Waals surface area contributed by atoms with Gasteiger partial charge in [0.25, 0.3) is 0 Å². The Morgan fingerprint density at radius 3 is 2.41 bits per heavy atom. The summed E-state index contributed by atoms with van der Waals surface area (Å²) in [5, 5.41) is 6.16. The number of hydrogen-bond acceptors (Lipinski definition) is 3. The van der Waals surface area contributed by atoms with Gasteiger partial charge in [-0.3, -0.25) is 4.90 Å². The SMILES string of the molecule is C=C/C(=C\C(=C)[C@@]1(N2CC2c2ccc3c(c2)c2ccccc2n3-c2ccccc2)C=C[C@@H]1C)c1cccc(/C(=C/N)N[C@@H]2C=CC=CC2)c1. The lowest BCUT2D eigenvalue weighted by molar-refractivity contribution is 0.237. The summed E-state index contributed by atoms with van der Waals surface area (Å²) in [7, 11) is 0. The maximum Gasteiger partial charge on any atom is 0.0706 e. The van der Waals surface area contributed by atoms with Crippen molar-refractivity contribution in [3.05, 3.63) is 187 Å². The van der Waals surface area contributed by atoms with Gasteiger partial charge in [-0.2, -0.15) is 0 Å². The standard InChI is InChI=1S/C45H42N4/c1-4-33(34-14-13-15-35(27-34)41(29-46)47-37-16-7-5-8-17-37)26-32(3)45(25-24-31(45)2)48-30-44(48)36-22-23-43-40(28-36)39-20-11-12-21-42(39)49(43)38-18-9-6-10-19-38/h4-16,18-29,31,37,44,47H,1,3,17,30,46H2,2H3/b33-26+,41-29-/t31-,37+,44?,45+,48?/m0/s1. The van der Waals surface area contributed by atoms with Crippen molar-refractivity contribution in [2.75, 3.05) is 6.54 Å². The lowest BCUT2D eigenvalue weighted by Gasteiger charge is -2.45. The first-order valence-corrected chi connectivity index (χ1v) is 17.2. The Kier molecular flexibility index (Phi) is 7.82. The molecule has 1 aromatic heterocycles. The van der Waals surface area contributed by atoms with Crippen molar-refractivity contribution < 1.29 is 0 Å². The molecule has 4 heteroatoms. The van der Waals surface area contributed by atoms with Gasteiger partial charge in [0.2, 0.25) is 0 Å². The van der Waals surface area contributed by atoms with E-state index in [1.807, 2.05) is 6.08 Å². The van der Waals surface area contributed by atoms with Crippen molar-refractivity contribution in [2.45, 2.75) is 31.0 Å². The topological polar surface area (TPSA) is 46.0 Å². The average Bonchev–Trinajstić information content (AvgIpc) is 3.87. The van der Waals surface area contributed by atoms with E-state index in [1.54, 1.807) is 6.20 Å². The fourth-order valence-electron chi connectivity index (χ4n) is 7.84. The van der Waals surface area contributed by atoms with Crippen molar-refractivity contribution in [1.82, 2.24) is 14.8 Å². The second-order valence-electron chi connectivity index (χ2n) is 13.4. The zero-order valence-corrected chi connectivity index (χ0v) is 28.0. The van der Waals surface area contributed by atoms with Gasteiger partial charge >= 0.3 is 0 Å². The largest absolute Gasteiger partial charge is 0.403 e. The van der Waals surface area contributed by atoms with Crippen LogP contribution in [0.25, 0.3) is 38.8 Å². The van der Waals surface area contributed by atoms with Gasteiger partial charge in [0, 0.05) is 47.2 Å². The first kappa shape index (κ1) is 30.7. The Labute approximate surface area is 289 Å². The molecule has 242 valence electrons. The summed E-state index contributed by atoms with van der Waals surface area (Å²) in [4.78, 5) is 2.61. The van der Waals surface area contributed by atoms with E-state index in [9.17, 15) is 0 Å². The second-order valence-corrected chi connectivity index (χ2v) is 13.4. The molecule has 8 rings (SSSR count). The van der Waals surface area contributed by atoms with Crippen LogP contribution >= 0.6 is 0 Å². The van der Waals surface area contributed by atoms with E-state index >= 15 is 0 Å². The van der Waals surface area contributed by atoms with E-state index in [1.165, 1.54) is 33.1 Å². The van der Waals surface area contributed by atoms with Crippen LogP contribution in [0.15, 0.2) is 171 Å². The Balaban J connectivity index is 1.08. The predicted molar refractivity (Wildman–Crippen MR) is 207 cm³/mol. The summed E-state index contributed by atoms with van der Waals surface area (Å²) in [6.07, 6.45) is 19.9. The summed E-state index contributed by atoms with van der Waals surface area (Å²) >= 11 is 0. The van der Waals surface area contributed by atoms with Crippen molar-refractivity contribution >= 4 is 33.1 Å². The molecule has 4 aromatic carbocycles. The molecule has 2 unspecified atom stereocenters. The maximum atomic E-state index is 6.12. The summed E-state index contributed by atoms with van der Waals surface area (Å²) in [5.41, 5.74) is 16.0. The maximum absolute atomic E-state index is 6.12. The molecule has 1 aliphatic heterocycles. The molecule has 3 aliphatic rings. The number of fused-ring (bicyclic) bond motifs is 3. The molecule has 2 aliphatic carbocycles. The van der Waals surface area contributed by atoms with Crippen LogP contribution in [0.5, 0.6) is 0 Å². The molecule has 0 bridgehead atoms. The number of nitrogens with one attached hydrogen (secondary N) is 1. The molecule has 0 spiro atoms. The predicted octanol–water partition coefficient (Wildman–Crippen LogP) is 9.64. The van der Waals surface area contributed by atoms with Crippen LogP contribution in [0.2, 0.25) is 0 Å². The van der Waals surface area contributed by atoms with Crippen molar-refractivity contribution in [3.8, 4) is 5.69 Å². The minimum Gasteiger partial charge on any atom is -0.403 e. The molecule has 3 N–H and O–H groups in total. The zero-order valence-electron chi connectivity index (χ0n) is 28.0. The molecule has 2 heterocycles. The molecule has 1 fully saturated rings. The van der Waals surface area contributed by atoms with Crippen LogP contribution in [0, 0.1) is 5.92 Å². The van der Waals surface area contributed by atoms with Crippen LogP contribution in [0.1, 0.15) is 36.1 Å². The number of hydrogen-bond donors (Lipinski definition) is 2. The van der Waals surface area contributed by atoms with Gasteiger partial charge in [0.15, 0.2) is 0 Å². The van der Waals surface area contributed by atoms with Gasteiger partial charge in [-0.05, 0) is 76.7 Å². The van der Waals surface area contributed by atoms with E-state index < -0.39 is 0 Å². The van der Waals surface area contributed by atoms with Crippen molar-refractivity contribution in [3.63, 3.8) is 0 Å². The summed E-state index contributed by atoms with van der Waals surface area (Å²) < 4.78 is 2.38. The highest BCUT2D eigenvalue weighted by molar-refractivity contribution is 6.09. The Hall–Kier alpha value is -5.58. The highest BCUT2D eigenvalue weighted by Crippen LogP contribution is 2.54. The first-order valence-electron chi connectivity index (χ1n) is 17.2. The number of para-hydroxylation sites is 2. The minimum absolute atomic E-state index is 0.216. The number of rotatable bonds is 10. The first-order chi connectivity index (χ1) is 24.0. The molecule has 0 saturated carbocycles. The highest BCUT2D eigenvalue weighted by atomic mass is 15.4. The molecule has 5 aromatic rings. The quantitative estimate of drug-likeness (QED) is 0.0910. The van der Waals surface area contributed by atoms with E-state index in [4.69, 9.17) is 12.3 Å². The normalized spacial score (nSPS) is 24.6. The highest BCUT2D eigenvalue weighted by Gasteiger charge is 2.55. The third-order valence-electron chi connectivity index (χ3n) is 10.6. The summed E-state index contributed by atoms with van der Waals surface area (Å²) in [5.74, 6) is 0.343. The second kappa shape index (κ2) is 12.5. The number of aromatic nitrogens is 1. The van der Waals surface area contributed by atoms with Gasteiger partial charge in [0.05, 0.1) is 22.3 Å². The fraction of sp³-hybridized carbons (Fsp3) is 0.156. The van der Waals surface area contributed by atoms with Gasteiger partial charge in [-0.25, -0.2) is 0 Å². The average molecular weight is 639 g/mol. The third-order valence-corrected chi connectivity index (χ3v) is 10.6. The molecular formula is C45H42N4. The Morgan fingerprint density at radius 2 is 1.67 bits per heavy atom. The van der Waals surface area contributed by atoms with E-state index in [0.29, 0.717) is 12.0 Å². The minimum atomic E-state index is -0.242. The summed E-state index contributed by atoms with van der Waals surface area (Å²) in [6.45, 7) is 12.2. The van der Waals surface area contributed by atoms with Gasteiger partial charge < -0.3 is 15.6 Å². The smallest absolute Gasteiger partial charge is 0.0706 e. The number of allylic oxidation sites excluding steroid dienone is 4. The van der Waals surface area contributed by atoms with Crippen LogP contribution in [0.4, 0.5) is 0 Å². The van der Waals surface area contributed by atoms with Crippen LogP contribution in [-0.2, 0) is 0 Å².